The molecule has 0 saturated carbocycles. The molecule has 5 nitrogen and oxygen atoms in total. The molecule has 2 unspecified atom stereocenters. The second kappa shape index (κ2) is 6.49. The third-order valence-electron chi connectivity index (χ3n) is 2.58. The summed E-state index contributed by atoms with van der Waals surface area (Å²) in [6.45, 7) is 3.70. The molecule has 98 valence electrons. The van der Waals surface area contributed by atoms with Crippen molar-refractivity contribution in [3.8, 4) is 0 Å². The Morgan fingerprint density at radius 2 is 2.22 bits per heavy atom. The van der Waals surface area contributed by atoms with E-state index in [-0.39, 0.29) is 22.5 Å². The van der Waals surface area contributed by atoms with E-state index >= 15 is 0 Å². The summed E-state index contributed by atoms with van der Waals surface area (Å²) >= 11 is 3.26. The molecule has 0 aromatic heterocycles. The summed E-state index contributed by atoms with van der Waals surface area (Å²) in [5.41, 5.74) is 0.743. The van der Waals surface area contributed by atoms with Gasteiger partial charge in [-0.2, -0.15) is 0 Å². The zero-order chi connectivity index (χ0) is 13.7. The van der Waals surface area contributed by atoms with E-state index in [9.17, 15) is 14.9 Å². The van der Waals surface area contributed by atoms with Gasteiger partial charge in [0, 0.05) is 12.1 Å². The number of alkyl halides is 1. The Balaban J connectivity index is 2.78. The van der Waals surface area contributed by atoms with Crippen LogP contribution in [0, 0.1) is 10.1 Å². The maximum absolute atomic E-state index is 11.7. The molecule has 0 aliphatic rings. The number of rotatable bonds is 5. The maximum atomic E-state index is 11.7. The normalized spacial score (nSPS) is 13.7. The molecule has 0 bridgehead atoms. The molecule has 0 radical (unpaired) electrons. The van der Waals surface area contributed by atoms with Gasteiger partial charge in [-0.15, -0.1) is 0 Å². The van der Waals surface area contributed by atoms with Crippen molar-refractivity contribution in [2.24, 2.45) is 0 Å². The third kappa shape index (κ3) is 3.80. The average molecular weight is 315 g/mol. The van der Waals surface area contributed by atoms with Gasteiger partial charge in [0.15, 0.2) is 0 Å². The lowest BCUT2D eigenvalue weighted by atomic mass is 10.1. The predicted octanol–water partition coefficient (Wildman–Crippen LogP) is 2.95. The van der Waals surface area contributed by atoms with Gasteiger partial charge in [-0.1, -0.05) is 35.0 Å². The Hall–Kier alpha value is -1.43. The molecule has 18 heavy (non-hydrogen) atoms. The van der Waals surface area contributed by atoms with Crippen molar-refractivity contribution in [1.82, 2.24) is 5.32 Å². The number of nitro benzene ring substituents is 1. The number of carbonyl (C=O) groups is 1. The highest BCUT2D eigenvalue weighted by Gasteiger charge is 2.17. The molecule has 0 saturated heterocycles. The lowest BCUT2D eigenvalue weighted by Gasteiger charge is -2.16. The molecule has 1 aromatic rings. The minimum atomic E-state index is -0.447. The quantitative estimate of drug-likeness (QED) is 0.516. The summed E-state index contributed by atoms with van der Waals surface area (Å²) in [5.74, 6) is -0.114. The summed E-state index contributed by atoms with van der Waals surface area (Å²) in [4.78, 5) is 21.7. The highest BCUT2D eigenvalue weighted by molar-refractivity contribution is 9.10. The van der Waals surface area contributed by atoms with Crippen LogP contribution >= 0.6 is 15.9 Å². The van der Waals surface area contributed by atoms with E-state index in [1.54, 1.807) is 19.1 Å². The van der Waals surface area contributed by atoms with E-state index in [2.05, 4.69) is 21.2 Å². The van der Waals surface area contributed by atoms with Gasteiger partial charge in [-0.25, -0.2) is 0 Å². The smallest absolute Gasteiger partial charge is 0.269 e. The van der Waals surface area contributed by atoms with Crippen LogP contribution in [0.5, 0.6) is 0 Å². The molecule has 2 atom stereocenters. The first-order valence-electron chi connectivity index (χ1n) is 5.64. The minimum Gasteiger partial charge on any atom is -0.349 e. The maximum Gasteiger partial charge on any atom is 0.269 e. The van der Waals surface area contributed by atoms with Gasteiger partial charge in [0.25, 0.3) is 5.69 Å². The van der Waals surface area contributed by atoms with Gasteiger partial charge >= 0.3 is 0 Å². The van der Waals surface area contributed by atoms with Crippen LogP contribution in [-0.4, -0.2) is 15.7 Å². The van der Waals surface area contributed by atoms with E-state index in [4.69, 9.17) is 0 Å². The van der Waals surface area contributed by atoms with E-state index in [1.165, 1.54) is 12.1 Å². The molecule has 1 amide bonds. The Morgan fingerprint density at radius 3 is 2.78 bits per heavy atom. The lowest BCUT2D eigenvalue weighted by Crippen LogP contribution is -2.32. The molecule has 0 heterocycles. The Kier molecular flexibility index (Phi) is 5.27. The third-order valence-corrected chi connectivity index (χ3v) is 3.65. The number of amides is 1. The predicted molar refractivity (Wildman–Crippen MR) is 72.7 cm³/mol. The number of hydrogen-bond donors (Lipinski definition) is 1. The number of benzene rings is 1. The number of non-ortho nitro benzene ring substituents is 1. The van der Waals surface area contributed by atoms with Gasteiger partial charge in [0.2, 0.25) is 5.91 Å². The fraction of sp³-hybridized carbons (Fsp3) is 0.417. The monoisotopic (exact) mass is 314 g/mol. The number of nitrogens with one attached hydrogen (secondary N) is 1. The molecule has 6 heteroatoms. The standard InChI is InChI=1S/C12H15BrN2O3/c1-3-11(13)12(16)14-8(2)9-5-4-6-10(7-9)15(17)18/h4-8,11H,3H2,1-2H3,(H,14,16). The second-order valence-electron chi connectivity index (χ2n) is 3.96. The number of halogens is 1. The van der Waals surface area contributed by atoms with E-state index in [0.717, 1.165) is 0 Å². The Labute approximate surface area is 114 Å². The molecular formula is C12H15BrN2O3. The van der Waals surface area contributed by atoms with Crippen LogP contribution in [0.15, 0.2) is 24.3 Å². The van der Waals surface area contributed by atoms with Crippen molar-refractivity contribution in [2.45, 2.75) is 31.1 Å². The first-order valence-corrected chi connectivity index (χ1v) is 6.56. The zero-order valence-corrected chi connectivity index (χ0v) is 11.8. The van der Waals surface area contributed by atoms with Crippen molar-refractivity contribution in [1.29, 1.82) is 0 Å². The zero-order valence-electron chi connectivity index (χ0n) is 10.2. The van der Waals surface area contributed by atoms with Crippen LogP contribution in [-0.2, 0) is 4.79 Å². The van der Waals surface area contributed by atoms with E-state index in [1.807, 2.05) is 6.92 Å². The highest BCUT2D eigenvalue weighted by Crippen LogP contribution is 2.19. The molecule has 0 aliphatic carbocycles. The van der Waals surface area contributed by atoms with Crippen molar-refractivity contribution in [2.75, 3.05) is 0 Å². The fourth-order valence-corrected chi connectivity index (χ4v) is 1.61. The Bertz CT molecular complexity index is 451. The molecule has 0 spiro atoms. The van der Waals surface area contributed by atoms with Gasteiger partial charge < -0.3 is 5.32 Å². The van der Waals surface area contributed by atoms with Gasteiger partial charge in [0.05, 0.1) is 15.8 Å². The summed E-state index contributed by atoms with van der Waals surface area (Å²) in [6, 6.07) is 6.01. The van der Waals surface area contributed by atoms with E-state index < -0.39 is 4.92 Å². The van der Waals surface area contributed by atoms with Crippen molar-refractivity contribution in [3.05, 3.63) is 39.9 Å². The largest absolute Gasteiger partial charge is 0.349 e. The van der Waals surface area contributed by atoms with Gasteiger partial charge in [-0.3, -0.25) is 14.9 Å². The van der Waals surface area contributed by atoms with Gasteiger partial charge in [-0.05, 0) is 18.9 Å². The number of hydrogen-bond acceptors (Lipinski definition) is 3. The molecule has 1 aromatic carbocycles. The van der Waals surface area contributed by atoms with Crippen molar-refractivity contribution < 1.29 is 9.72 Å². The minimum absolute atomic E-state index is 0.0273. The van der Waals surface area contributed by atoms with Crippen LogP contribution in [0.3, 0.4) is 0 Å². The van der Waals surface area contributed by atoms with Crippen LogP contribution in [0.25, 0.3) is 0 Å². The number of nitrogens with zero attached hydrogens (tertiary/aromatic N) is 1. The fourth-order valence-electron chi connectivity index (χ4n) is 1.48. The van der Waals surface area contributed by atoms with Gasteiger partial charge in [0.1, 0.15) is 0 Å². The van der Waals surface area contributed by atoms with Crippen molar-refractivity contribution >= 4 is 27.5 Å². The molecule has 0 aliphatic heterocycles. The molecule has 1 N–H and O–H groups in total. The second-order valence-corrected chi connectivity index (χ2v) is 5.06. The molecular weight excluding hydrogens is 300 g/mol. The summed E-state index contributed by atoms with van der Waals surface area (Å²) in [7, 11) is 0. The first kappa shape index (κ1) is 14.6. The van der Waals surface area contributed by atoms with E-state index in [0.29, 0.717) is 12.0 Å². The summed E-state index contributed by atoms with van der Waals surface area (Å²) < 4.78 is 0. The summed E-state index contributed by atoms with van der Waals surface area (Å²) in [6.07, 6.45) is 0.688. The van der Waals surface area contributed by atoms with Crippen LogP contribution in [0.2, 0.25) is 0 Å². The lowest BCUT2D eigenvalue weighted by molar-refractivity contribution is -0.384. The topological polar surface area (TPSA) is 72.2 Å². The van der Waals surface area contributed by atoms with Crippen LogP contribution < -0.4 is 5.32 Å². The summed E-state index contributed by atoms with van der Waals surface area (Å²) in [5, 5.41) is 13.5. The number of nitro groups is 1. The number of carbonyl (C=O) groups excluding carboxylic acids is 1. The van der Waals surface area contributed by atoms with Crippen LogP contribution in [0.4, 0.5) is 5.69 Å². The highest BCUT2D eigenvalue weighted by atomic mass is 79.9. The van der Waals surface area contributed by atoms with Crippen molar-refractivity contribution in [3.63, 3.8) is 0 Å². The first-order chi connectivity index (χ1) is 8.45. The van der Waals surface area contributed by atoms with Crippen LogP contribution in [0.1, 0.15) is 31.9 Å². The molecule has 1 rings (SSSR count). The molecule has 0 fully saturated rings. The average Bonchev–Trinajstić information content (AvgIpc) is 2.37. The SMILES string of the molecule is CCC(Br)C(=O)NC(C)c1cccc([N+](=O)[O-])c1. The Morgan fingerprint density at radius 1 is 1.56 bits per heavy atom.